The molecular formula is C9H6F2N2O5. The van der Waals surface area contributed by atoms with Crippen LogP contribution in [0.4, 0.5) is 20.2 Å². The summed E-state index contributed by atoms with van der Waals surface area (Å²) in [4.78, 5) is 31.1. The number of hydrogen-bond acceptors (Lipinski definition) is 4. The number of benzene rings is 1. The molecule has 9 heteroatoms. The lowest BCUT2D eigenvalue weighted by Crippen LogP contribution is -2.21. The van der Waals surface area contributed by atoms with Crippen molar-refractivity contribution < 1.29 is 28.4 Å². The van der Waals surface area contributed by atoms with Crippen LogP contribution in [0.25, 0.3) is 0 Å². The molecule has 0 aromatic heterocycles. The maximum atomic E-state index is 12.0. The van der Waals surface area contributed by atoms with Gasteiger partial charge in [-0.1, -0.05) is 0 Å². The Bertz CT molecular complexity index is 518. The molecule has 0 heterocycles. The van der Waals surface area contributed by atoms with E-state index in [1.807, 2.05) is 0 Å². The number of rotatable bonds is 4. The Labute approximate surface area is 98.2 Å². The highest BCUT2D eigenvalue weighted by atomic mass is 19.3. The van der Waals surface area contributed by atoms with Gasteiger partial charge in [-0.3, -0.25) is 14.9 Å². The molecule has 1 rings (SSSR count). The molecule has 0 saturated carbocycles. The number of nitrogens with zero attached hydrogens (tertiary/aromatic N) is 1. The molecule has 0 aliphatic heterocycles. The Kier molecular flexibility index (Phi) is 3.87. The third kappa shape index (κ3) is 2.97. The van der Waals surface area contributed by atoms with Crippen molar-refractivity contribution >= 4 is 23.3 Å². The van der Waals surface area contributed by atoms with Crippen molar-refractivity contribution in [3.05, 3.63) is 33.9 Å². The lowest BCUT2D eigenvalue weighted by Gasteiger charge is -2.07. The van der Waals surface area contributed by atoms with E-state index in [1.165, 1.54) is 0 Å². The molecule has 0 fully saturated rings. The number of carbonyl (C=O) groups excluding carboxylic acids is 1. The van der Waals surface area contributed by atoms with Crippen molar-refractivity contribution in [2.45, 2.75) is 6.43 Å². The van der Waals surface area contributed by atoms with Crippen LogP contribution in [-0.2, 0) is 4.79 Å². The lowest BCUT2D eigenvalue weighted by molar-refractivity contribution is -0.384. The van der Waals surface area contributed by atoms with Crippen LogP contribution in [0.5, 0.6) is 0 Å². The predicted molar refractivity (Wildman–Crippen MR) is 54.7 cm³/mol. The fourth-order valence-electron chi connectivity index (χ4n) is 1.12. The van der Waals surface area contributed by atoms with Crippen molar-refractivity contribution in [1.82, 2.24) is 0 Å². The third-order valence-corrected chi connectivity index (χ3v) is 1.90. The van der Waals surface area contributed by atoms with Gasteiger partial charge >= 0.3 is 12.4 Å². The van der Waals surface area contributed by atoms with Gasteiger partial charge in [-0.15, -0.1) is 0 Å². The Balaban J connectivity index is 3.16. The maximum absolute atomic E-state index is 12.0. The van der Waals surface area contributed by atoms with Gasteiger partial charge in [-0.2, -0.15) is 8.78 Å². The Hall–Kier alpha value is -2.58. The fourth-order valence-corrected chi connectivity index (χ4v) is 1.12. The van der Waals surface area contributed by atoms with E-state index in [4.69, 9.17) is 5.11 Å². The van der Waals surface area contributed by atoms with Gasteiger partial charge in [0.2, 0.25) is 0 Å². The zero-order valence-electron chi connectivity index (χ0n) is 8.59. The highest BCUT2D eigenvalue weighted by molar-refractivity contribution is 6.01. The van der Waals surface area contributed by atoms with Crippen LogP contribution >= 0.6 is 0 Å². The second kappa shape index (κ2) is 5.17. The number of anilines is 1. The predicted octanol–water partition coefficient (Wildman–Crippen LogP) is 1.50. The van der Waals surface area contributed by atoms with E-state index in [1.54, 1.807) is 5.32 Å². The van der Waals surface area contributed by atoms with Gasteiger partial charge in [-0.25, -0.2) is 4.79 Å². The average Bonchev–Trinajstić information content (AvgIpc) is 2.28. The smallest absolute Gasteiger partial charge is 0.338 e. The summed E-state index contributed by atoms with van der Waals surface area (Å²) in [7, 11) is 0. The van der Waals surface area contributed by atoms with Gasteiger partial charge < -0.3 is 10.4 Å². The van der Waals surface area contributed by atoms with Gasteiger partial charge in [0.1, 0.15) is 0 Å². The third-order valence-electron chi connectivity index (χ3n) is 1.90. The molecule has 18 heavy (non-hydrogen) atoms. The van der Waals surface area contributed by atoms with Crippen LogP contribution in [0.3, 0.4) is 0 Å². The van der Waals surface area contributed by atoms with Crippen LogP contribution in [0.2, 0.25) is 0 Å². The minimum absolute atomic E-state index is 0.432. The molecule has 1 amide bonds. The standard InChI is InChI=1S/C9H6F2N2O5/c10-7(11)8(14)12-6-2-1-4(13(17)18)3-5(6)9(15)16/h1-3,7H,(H,12,14)(H,15,16). The highest BCUT2D eigenvalue weighted by Crippen LogP contribution is 2.22. The molecular weight excluding hydrogens is 254 g/mol. The summed E-state index contributed by atoms with van der Waals surface area (Å²) in [6.45, 7) is 0. The molecule has 0 aliphatic rings. The minimum atomic E-state index is -3.32. The molecule has 0 aliphatic carbocycles. The number of non-ortho nitro benzene ring substituents is 1. The zero-order valence-corrected chi connectivity index (χ0v) is 8.59. The molecule has 0 atom stereocenters. The molecule has 0 spiro atoms. The number of carboxylic acids is 1. The second-order valence-electron chi connectivity index (χ2n) is 3.08. The van der Waals surface area contributed by atoms with Gasteiger partial charge in [0, 0.05) is 12.1 Å². The van der Waals surface area contributed by atoms with E-state index in [9.17, 15) is 28.5 Å². The van der Waals surface area contributed by atoms with Crippen molar-refractivity contribution in [2.24, 2.45) is 0 Å². The monoisotopic (exact) mass is 260 g/mol. The highest BCUT2D eigenvalue weighted by Gasteiger charge is 2.21. The molecule has 0 saturated heterocycles. The van der Waals surface area contributed by atoms with Crippen molar-refractivity contribution in [2.75, 3.05) is 5.32 Å². The van der Waals surface area contributed by atoms with E-state index in [0.717, 1.165) is 12.1 Å². The zero-order chi connectivity index (χ0) is 13.9. The largest absolute Gasteiger partial charge is 0.478 e. The van der Waals surface area contributed by atoms with Gasteiger partial charge in [0.25, 0.3) is 11.6 Å². The minimum Gasteiger partial charge on any atom is -0.478 e. The van der Waals surface area contributed by atoms with E-state index in [0.29, 0.717) is 6.07 Å². The normalized spacial score (nSPS) is 10.2. The number of carbonyl (C=O) groups is 2. The number of hydrogen-bond donors (Lipinski definition) is 2. The van der Waals surface area contributed by atoms with Gasteiger partial charge in [0.05, 0.1) is 16.2 Å². The van der Waals surface area contributed by atoms with E-state index < -0.39 is 40.2 Å². The van der Waals surface area contributed by atoms with Crippen molar-refractivity contribution in [1.29, 1.82) is 0 Å². The fraction of sp³-hybridized carbons (Fsp3) is 0.111. The Morgan fingerprint density at radius 3 is 2.44 bits per heavy atom. The van der Waals surface area contributed by atoms with E-state index >= 15 is 0 Å². The van der Waals surface area contributed by atoms with Crippen LogP contribution in [0.1, 0.15) is 10.4 Å². The number of amides is 1. The molecule has 0 unspecified atom stereocenters. The molecule has 0 bridgehead atoms. The molecule has 7 nitrogen and oxygen atoms in total. The molecule has 2 N–H and O–H groups in total. The van der Waals surface area contributed by atoms with Crippen LogP contribution in [-0.4, -0.2) is 28.3 Å². The first kappa shape index (κ1) is 13.5. The van der Waals surface area contributed by atoms with E-state index in [-0.39, 0.29) is 0 Å². The van der Waals surface area contributed by atoms with Crippen LogP contribution < -0.4 is 5.32 Å². The summed E-state index contributed by atoms with van der Waals surface area (Å²) in [6.07, 6.45) is -3.32. The number of alkyl halides is 2. The molecule has 0 radical (unpaired) electrons. The second-order valence-corrected chi connectivity index (χ2v) is 3.08. The van der Waals surface area contributed by atoms with Crippen LogP contribution in [0, 0.1) is 10.1 Å². The molecule has 1 aromatic rings. The SMILES string of the molecule is O=C(O)c1cc([N+](=O)[O-])ccc1NC(=O)C(F)F. The number of nitrogens with one attached hydrogen (secondary N) is 1. The summed E-state index contributed by atoms with van der Waals surface area (Å²) in [6, 6.07) is 2.44. The molecule has 96 valence electrons. The Morgan fingerprint density at radius 1 is 1.39 bits per heavy atom. The summed E-state index contributed by atoms with van der Waals surface area (Å²) >= 11 is 0. The first-order valence-electron chi connectivity index (χ1n) is 4.43. The number of halogens is 2. The number of carboxylic acid groups (broad SMARTS) is 1. The Morgan fingerprint density at radius 2 is 2.00 bits per heavy atom. The van der Waals surface area contributed by atoms with Crippen molar-refractivity contribution in [3.63, 3.8) is 0 Å². The van der Waals surface area contributed by atoms with Gasteiger partial charge in [0.15, 0.2) is 0 Å². The first-order valence-corrected chi connectivity index (χ1v) is 4.43. The number of aromatic carboxylic acids is 1. The van der Waals surface area contributed by atoms with Crippen molar-refractivity contribution in [3.8, 4) is 0 Å². The van der Waals surface area contributed by atoms with Gasteiger partial charge in [-0.05, 0) is 6.07 Å². The lowest BCUT2D eigenvalue weighted by atomic mass is 10.1. The molecule has 1 aromatic carbocycles. The topological polar surface area (TPSA) is 110 Å². The van der Waals surface area contributed by atoms with Crippen LogP contribution in [0.15, 0.2) is 18.2 Å². The average molecular weight is 260 g/mol. The summed E-state index contributed by atoms with van der Waals surface area (Å²) in [5.74, 6) is -3.27. The van der Waals surface area contributed by atoms with E-state index in [2.05, 4.69) is 0 Å². The summed E-state index contributed by atoms with van der Waals surface area (Å²) in [5, 5.41) is 20.8. The first-order chi connectivity index (χ1) is 8.32. The maximum Gasteiger partial charge on any atom is 0.338 e. The summed E-state index contributed by atoms with van der Waals surface area (Å²) < 4.78 is 24.0. The summed E-state index contributed by atoms with van der Waals surface area (Å²) in [5.41, 5.74) is -1.60. The number of nitro benzene ring substituents is 1. The number of nitro groups is 1. The quantitative estimate of drug-likeness (QED) is 0.629.